The SMILES string of the molecule is C1=COCC1.C1CNC1. The molecule has 0 bridgehead atoms. The lowest BCUT2D eigenvalue weighted by Gasteiger charge is -2.09. The summed E-state index contributed by atoms with van der Waals surface area (Å²) in [5, 5.41) is 3.11. The van der Waals surface area contributed by atoms with Crippen LogP contribution in [-0.2, 0) is 4.74 Å². The summed E-state index contributed by atoms with van der Waals surface area (Å²) in [4.78, 5) is 0. The first-order valence-electron chi connectivity index (χ1n) is 3.47. The fourth-order valence-corrected chi connectivity index (χ4v) is 0.517. The van der Waals surface area contributed by atoms with Crippen molar-refractivity contribution >= 4 is 0 Å². The molecule has 0 radical (unpaired) electrons. The first kappa shape index (κ1) is 6.62. The molecule has 2 heteroatoms. The van der Waals surface area contributed by atoms with E-state index in [0.717, 1.165) is 13.0 Å². The fraction of sp³-hybridized carbons (Fsp3) is 0.714. The first-order chi connectivity index (χ1) is 4.50. The van der Waals surface area contributed by atoms with Crippen LogP contribution >= 0.6 is 0 Å². The van der Waals surface area contributed by atoms with Gasteiger partial charge in [-0.25, -0.2) is 0 Å². The summed E-state index contributed by atoms with van der Waals surface area (Å²) in [6.07, 6.45) is 6.24. The van der Waals surface area contributed by atoms with Crippen molar-refractivity contribution < 1.29 is 4.74 Å². The summed E-state index contributed by atoms with van der Waals surface area (Å²) in [7, 11) is 0. The maximum absolute atomic E-state index is 4.76. The quantitative estimate of drug-likeness (QED) is 0.522. The largest absolute Gasteiger partial charge is 0.501 e. The van der Waals surface area contributed by atoms with E-state index < -0.39 is 0 Å². The average Bonchev–Trinajstić information content (AvgIpc) is 2.07. The van der Waals surface area contributed by atoms with Gasteiger partial charge in [-0.1, -0.05) is 0 Å². The van der Waals surface area contributed by atoms with Crippen molar-refractivity contribution in [2.45, 2.75) is 12.8 Å². The van der Waals surface area contributed by atoms with Crippen LogP contribution in [0.25, 0.3) is 0 Å². The Morgan fingerprint density at radius 1 is 1.33 bits per heavy atom. The summed E-state index contributed by atoms with van der Waals surface area (Å²) in [5.41, 5.74) is 0. The van der Waals surface area contributed by atoms with Crippen molar-refractivity contribution in [3.63, 3.8) is 0 Å². The second-order valence-electron chi connectivity index (χ2n) is 2.13. The van der Waals surface area contributed by atoms with E-state index in [1.165, 1.54) is 19.5 Å². The van der Waals surface area contributed by atoms with Gasteiger partial charge in [0, 0.05) is 6.42 Å². The Labute approximate surface area is 55.9 Å². The summed E-state index contributed by atoms with van der Waals surface area (Å²) < 4.78 is 4.76. The zero-order chi connectivity index (χ0) is 6.36. The minimum atomic E-state index is 0.889. The molecule has 0 aliphatic carbocycles. The molecule has 2 heterocycles. The zero-order valence-electron chi connectivity index (χ0n) is 5.60. The topological polar surface area (TPSA) is 21.3 Å². The monoisotopic (exact) mass is 127 g/mol. The van der Waals surface area contributed by atoms with Crippen molar-refractivity contribution in [1.29, 1.82) is 0 Å². The van der Waals surface area contributed by atoms with E-state index in [1.54, 1.807) is 6.26 Å². The Kier molecular flexibility index (Phi) is 3.22. The van der Waals surface area contributed by atoms with Crippen molar-refractivity contribution in [2.75, 3.05) is 19.7 Å². The minimum Gasteiger partial charge on any atom is -0.501 e. The maximum Gasteiger partial charge on any atom is 0.0908 e. The molecule has 0 atom stereocenters. The Morgan fingerprint density at radius 2 is 2.00 bits per heavy atom. The Balaban J connectivity index is 0.0000000922. The molecule has 9 heavy (non-hydrogen) atoms. The lowest BCUT2D eigenvalue weighted by atomic mass is 10.3. The van der Waals surface area contributed by atoms with Crippen LogP contribution in [0.4, 0.5) is 0 Å². The highest BCUT2D eigenvalue weighted by Gasteiger charge is 1.92. The van der Waals surface area contributed by atoms with Crippen LogP contribution in [0.5, 0.6) is 0 Å². The highest BCUT2D eigenvalue weighted by atomic mass is 16.5. The highest BCUT2D eigenvalue weighted by molar-refractivity contribution is 4.78. The van der Waals surface area contributed by atoms with Crippen molar-refractivity contribution in [3.8, 4) is 0 Å². The van der Waals surface area contributed by atoms with Crippen LogP contribution in [0.15, 0.2) is 12.3 Å². The number of hydrogen-bond donors (Lipinski definition) is 1. The summed E-state index contributed by atoms with van der Waals surface area (Å²) in [6.45, 7) is 3.39. The van der Waals surface area contributed by atoms with Gasteiger partial charge < -0.3 is 10.1 Å². The third kappa shape index (κ3) is 3.14. The number of hydrogen-bond acceptors (Lipinski definition) is 2. The van der Waals surface area contributed by atoms with Gasteiger partial charge in [-0.2, -0.15) is 0 Å². The van der Waals surface area contributed by atoms with Gasteiger partial charge in [0.05, 0.1) is 12.9 Å². The molecule has 0 spiro atoms. The maximum atomic E-state index is 4.76. The van der Waals surface area contributed by atoms with E-state index in [0.29, 0.717) is 0 Å². The predicted octanol–water partition coefficient (Wildman–Crippen LogP) is 0.900. The molecular weight excluding hydrogens is 114 g/mol. The molecule has 0 amide bonds. The lowest BCUT2D eigenvalue weighted by Crippen LogP contribution is -2.29. The van der Waals surface area contributed by atoms with Gasteiger partial charge in [-0.3, -0.25) is 0 Å². The molecule has 0 saturated carbocycles. The molecule has 0 aromatic heterocycles. The van der Waals surface area contributed by atoms with Gasteiger partial charge in [0.1, 0.15) is 0 Å². The molecule has 0 aromatic carbocycles. The van der Waals surface area contributed by atoms with Gasteiger partial charge in [-0.05, 0) is 25.6 Å². The molecule has 0 aromatic rings. The fourth-order valence-electron chi connectivity index (χ4n) is 0.517. The van der Waals surface area contributed by atoms with Crippen LogP contribution in [0.3, 0.4) is 0 Å². The van der Waals surface area contributed by atoms with Crippen molar-refractivity contribution in [2.24, 2.45) is 0 Å². The van der Waals surface area contributed by atoms with Crippen molar-refractivity contribution in [3.05, 3.63) is 12.3 Å². The third-order valence-corrected chi connectivity index (χ3v) is 1.30. The molecule has 1 N–H and O–H groups in total. The van der Waals surface area contributed by atoms with E-state index in [1.807, 2.05) is 6.08 Å². The Hall–Kier alpha value is -0.500. The number of rotatable bonds is 0. The molecular formula is C7H13NO. The Morgan fingerprint density at radius 3 is 2.11 bits per heavy atom. The van der Waals surface area contributed by atoms with Gasteiger partial charge in [0.25, 0.3) is 0 Å². The van der Waals surface area contributed by atoms with Crippen LogP contribution in [-0.4, -0.2) is 19.7 Å². The molecule has 2 rings (SSSR count). The van der Waals surface area contributed by atoms with E-state index in [9.17, 15) is 0 Å². The van der Waals surface area contributed by atoms with Crippen molar-refractivity contribution in [1.82, 2.24) is 5.32 Å². The molecule has 1 saturated heterocycles. The zero-order valence-corrected chi connectivity index (χ0v) is 5.60. The molecule has 2 aliphatic rings. The predicted molar refractivity (Wildman–Crippen MR) is 37.2 cm³/mol. The second-order valence-corrected chi connectivity index (χ2v) is 2.13. The lowest BCUT2D eigenvalue weighted by molar-refractivity contribution is 0.281. The summed E-state index contributed by atoms with van der Waals surface area (Å²) >= 11 is 0. The summed E-state index contributed by atoms with van der Waals surface area (Å²) in [6, 6.07) is 0. The summed E-state index contributed by atoms with van der Waals surface area (Å²) in [5.74, 6) is 0. The molecule has 2 aliphatic heterocycles. The van der Waals surface area contributed by atoms with E-state index >= 15 is 0 Å². The standard InChI is InChI=1S/C4H6O.C3H7N/c1-2-4-5-3-1;1-2-4-3-1/h1,3H,2,4H2;4H,1-3H2. The van der Waals surface area contributed by atoms with Crippen LogP contribution < -0.4 is 5.32 Å². The van der Waals surface area contributed by atoms with Crippen LogP contribution in [0.2, 0.25) is 0 Å². The number of ether oxygens (including phenoxy) is 1. The smallest absolute Gasteiger partial charge is 0.0908 e. The third-order valence-electron chi connectivity index (χ3n) is 1.30. The highest BCUT2D eigenvalue weighted by Crippen LogP contribution is 1.93. The first-order valence-corrected chi connectivity index (χ1v) is 3.47. The van der Waals surface area contributed by atoms with Gasteiger partial charge in [-0.15, -0.1) is 0 Å². The van der Waals surface area contributed by atoms with E-state index in [2.05, 4.69) is 5.32 Å². The van der Waals surface area contributed by atoms with E-state index in [4.69, 9.17) is 4.74 Å². The molecule has 1 fully saturated rings. The van der Waals surface area contributed by atoms with Gasteiger partial charge in [0.2, 0.25) is 0 Å². The average molecular weight is 127 g/mol. The molecule has 2 nitrogen and oxygen atoms in total. The number of nitrogens with one attached hydrogen (secondary N) is 1. The second kappa shape index (κ2) is 4.39. The van der Waals surface area contributed by atoms with Crippen LogP contribution in [0, 0.1) is 0 Å². The normalized spacial score (nSPS) is 21.3. The van der Waals surface area contributed by atoms with E-state index in [-0.39, 0.29) is 0 Å². The molecule has 0 unspecified atom stereocenters. The Bertz CT molecular complexity index is 76.9. The van der Waals surface area contributed by atoms with Gasteiger partial charge >= 0.3 is 0 Å². The van der Waals surface area contributed by atoms with Gasteiger partial charge in [0.15, 0.2) is 0 Å². The van der Waals surface area contributed by atoms with Crippen LogP contribution in [0.1, 0.15) is 12.8 Å². The molecule has 52 valence electrons. The minimum absolute atomic E-state index is 0.889.